The van der Waals surface area contributed by atoms with Crippen LogP contribution in [-0.4, -0.2) is 24.6 Å². The molecule has 2 N–H and O–H groups in total. The monoisotopic (exact) mass is 127 g/mol. The van der Waals surface area contributed by atoms with Gasteiger partial charge in [0.05, 0.1) is 6.54 Å². The number of amides is 2. The average molecular weight is 127 g/mol. The molecule has 0 aromatic heterocycles. The maximum absolute atomic E-state index is 10.7. The van der Waals surface area contributed by atoms with E-state index in [1.54, 1.807) is 13.2 Å². The molecule has 1 rings (SSSR count). The topological polar surface area (TPSA) is 44.4 Å². The first-order valence-corrected chi connectivity index (χ1v) is 2.75. The van der Waals surface area contributed by atoms with Gasteiger partial charge in [0.2, 0.25) is 0 Å². The zero-order valence-corrected chi connectivity index (χ0v) is 5.22. The summed E-state index contributed by atoms with van der Waals surface area (Å²) in [6, 6.07) is -0.111. The van der Waals surface area contributed by atoms with Crippen LogP contribution in [0.1, 0.15) is 0 Å². The van der Waals surface area contributed by atoms with E-state index in [1.165, 1.54) is 5.01 Å². The van der Waals surface area contributed by atoms with E-state index in [9.17, 15) is 4.79 Å². The molecule has 0 spiro atoms. The molecule has 9 heavy (non-hydrogen) atoms. The Morgan fingerprint density at radius 2 is 2.67 bits per heavy atom. The van der Waals surface area contributed by atoms with Gasteiger partial charge in [0.15, 0.2) is 0 Å². The summed E-state index contributed by atoms with van der Waals surface area (Å²) in [6.07, 6.45) is 3.60. The largest absolute Gasteiger partial charge is 0.340 e. The molecule has 0 unspecified atom stereocenters. The van der Waals surface area contributed by atoms with Crippen LogP contribution >= 0.6 is 0 Å². The van der Waals surface area contributed by atoms with Crippen molar-refractivity contribution >= 4 is 6.03 Å². The minimum Gasteiger partial charge on any atom is -0.340 e. The second-order valence-corrected chi connectivity index (χ2v) is 1.70. The van der Waals surface area contributed by atoms with Gasteiger partial charge in [-0.05, 0) is 6.08 Å². The highest BCUT2D eigenvalue weighted by Crippen LogP contribution is 1.90. The number of carbonyl (C=O) groups is 1. The van der Waals surface area contributed by atoms with Crippen LogP contribution in [0.15, 0.2) is 12.3 Å². The average Bonchev–Trinajstić information content (AvgIpc) is 2.37. The molecule has 50 valence electrons. The zero-order valence-electron chi connectivity index (χ0n) is 5.22. The van der Waals surface area contributed by atoms with Crippen LogP contribution in [0.4, 0.5) is 4.79 Å². The molecule has 1 aliphatic heterocycles. The van der Waals surface area contributed by atoms with E-state index < -0.39 is 0 Å². The Balaban J connectivity index is 2.36. The third kappa shape index (κ3) is 1.13. The smallest absolute Gasteiger partial charge is 0.336 e. The van der Waals surface area contributed by atoms with Crippen molar-refractivity contribution in [2.24, 2.45) is 0 Å². The lowest BCUT2D eigenvalue weighted by Gasteiger charge is -2.14. The van der Waals surface area contributed by atoms with E-state index in [2.05, 4.69) is 10.7 Å². The van der Waals surface area contributed by atoms with Gasteiger partial charge in [-0.2, -0.15) is 0 Å². The lowest BCUT2D eigenvalue weighted by Crippen LogP contribution is -2.42. The van der Waals surface area contributed by atoms with Crippen LogP contribution in [0.3, 0.4) is 0 Å². The Morgan fingerprint density at radius 1 is 1.89 bits per heavy atom. The normalized spacial score (nSPS) is 15.4. The molecule has 0 saturated heterocycles. The second kappa shape index (κ2) is 2.39. The molecule has 0 atom stereocenters. The first-order valence-electron chi connectivity index (χ1n) is 2.75. The van der Waals surface area contributed by atoms with E-state index in [4.69, 9.17) is 0 Å². The van der Waals surface area contributed by atoms with Gasteiger partial charge in [0.25, 0.3) is 0 Å². The summed E-state index contributed by atoms with van der Waals surface area (Å²) in [4.78, 5) is 10.7. The molecule has 0 saturated carbocycles. The molecular formula is C5H9N3O. The van der Waals surface area contributed by atoms with Gasteiger partial charge in [0, 0.05) is 13.2 Å². The van der Waals surface area contributed by atoms with Gasteiger partial charge in [-0.3, -0.25) is 0 Å². The molecule has 0 aromatic carbocycles. The minimum atomic E-state index is -0.111. The van der Waals surface area contributed by atoms with E-state index in [0.29, 0.717) is 6.54 Å². The van der Waals surface area contributed by atoms with Crippen molar-refractivity contribution in [3.8, 4) is 0 Å². The Kier molecular flexibility index (Phi) is 1.58. The van der Waals surface area contributed by atoms with Gasteiger partial charge >= 0.3 is 6.03 Å². The second-order valence-electron chi connectivity index (χ2n) is 1.70. The van der Waals surface area contributed by atoms with Crippen molar-refractivity contribution in [1.29, 1.82) is 0 Å². The van der Waals surface area contributed by atoms with Crippen molar-refractivity contribution in [2.75, 3.05) is 13.6 Å². The predicted octanol–water partition coefficient (Wildman–Crippen LogP) is -0.340. The number of hydrazine groups is 1. The highest BCUT2D eigenvalue weighted by Gasteiger charge is 2.10. The summed E-state index contributed by atoms with van der Waals surface area (Å²) < 4.78 is 0. The molecule has 4 nitrogen and oxygen atoms in total. The molecule has 0 radical (unpaired) electrons. The van der Waals surface area contributed by atoms with Crippen LogP contribution in [0, 0.1) is 0 Å². The van der Waals surface area contributed by atoms with Crippen LogP contribution in [0.5, 0.6) is 0 Å². The SMILES string of the molecule is CNC(=O)N1CC=CN1. The van der Waals surface area contributed by atoms with Crippen molar-refractivity contribution in [3.05, 3.63) is 12.3 Å². The Morgan fingerprint density at radius 3 is 3.11 bits per heavy atom. The number of hydrogen-bond acceptors (Lipinski definition) is 2. The van der Waals surface area contributed by atoms with Crippen LogP contribution < -0.4 is 10.7 Å². The van der Waals surface area contributed by atoms with E-state index in [1.807, 2.05) is 6.08 Å². The zero-order chi connectivity index (χ0) is 6.69. The van der Waals surface area contributed by atoms with Crippen molar-refractivity contribution in [1.82, 2.24) is 15.8 Å². The quantitative estimate of drug-likeness (QED) is 0.467. The van der Waals surface area contributed by atoms with E-state index in [0.717, 1.165) is 0 Å². The lowest BCUT2D eigenvalue weighted by molar-refractivity contribution is 0.197. The van der Waals surface area contributed by atoms with Gasteiger partial charge in [0.1, 0.15) is 0 Å². The van der Waals surface area contributed by atoms with Crippen LogP contribution in [0.2, 0.25) is 0 Å². The number of carbonyl (C=O) groups excluding carboxylic acids is 1. The number of nitrogens with zero attached hydrogens (tertiary/aromatic N) is 1. The van der Waals surface area contributed by atoms with Gasteiger partial charge in [-0.15, -0.1) is 0 Å². The molecule has 1 aliphatic rings. The minimum absolute atomic E-state index is 0.111. The first kappa shape index (κ1) is 5.94. The summed E-state index contributed by atoms with van der Waals surface area (Å²) in [5.74, 6) is 0. The Bertz CT molecular complexity index is 135. The molecule has 4 heteroatoms. The Hall–Kier alpha value is -1.19. The molecule has 0 aromatic rings. The van der Waals surface area contributed by atoms with Crippen molar-refractivity contribution in [3.63, 3.8) is 0 Å². The summed E-state index contributed by atoms with van der Waals surface area (Å²) in [5, 5.41) is 3.96. The molecule has 0 bridgehead atoms. The molecule has 0 aliphatic carbocycles. The van der Waals surface area contributed by atoms with Crippen LogP contribution in [0.25, 0.3) is 0 Å². The predicted molar refractivity (Wildman–Crippen MR) is 33.4 cm³/mol. The molecule has 0 fully saturated rings. The molecule has 2 amide bonds. The summed E-state index contributed by atoms with van der Waals surface area (Å²) >= 11 is 0. The standard InChI is InChI=1S/C5H9N3O/c1-6-5(9)8-4-2-3-7-8/h2-3,7H,4H2,1H3,(H,6,9). The maximum atomic E-state index is 10.7. The number of rotatable bonds is 0. The third-order valence-electron chi connectivity index (χ3n) is 1.10. The number of hydrogen-bond donors (Lipinski definition) is 2. The van der Waals surface area contributed by atoms with Crippen LogP contribution in [-0.2, 0) is 0 Å². The summed E-state index contributed by atoms with van der Waals surface area (Å²) in [7, 11) is 1.60. The number of nitrogens with one attached hydrogen (secondary N) is 2. The Labute approximate surface area is 53.5 Å². The van der Waals surface area contributed by atoms with Crippen molar-refractivity contribution < 1.29 is 4.79 Å². The fourth-order valence-electron chi connectivity index (χ4n) is 0.630. The van der Waals surface area contributed by atoms with E-state index >= 15 is 0 Å². The van der Waals surface area contributed by atoms with E-state index in [-0.39, 0.29) is 6.03 Å². The fraction of sp³-hybridized carbons (Fsp3) is 0.400. The van der Waals surface area contributed by atoms with Crippen molar-refractivity contribution in [2.45, 2.75) is 0 Å². The lowest BCUT2D eigenvalue weighted by atomic mass is 10.6. The summed E-state index contributed by atoms with van der Waals surface area (Å²) in [6.45, 7) is 0.639. The van der Waals surface area contributed by atoms with Gasteiger partial charge < -0.3 is 10.7 Å². The molecule has 1 heterocycles. The highest BCUT2D eigenvalue weighted by molar-refractivity contribution is 5.73. The highest BCUT2D eigenvalue weighted by atomic mass is 16.2. The number of urea groups is 1. The first-order chi connectivity index (χ1) is 4.34. The molecular weight excluding hydrogens is 118 g/mol. The van der Waals surface area contributed by atoms with Gasteiger partial charge in [-0.25, -0.2) is 9.80 Å². The maximum Gasteiger partial charge on any atom is 0.336 e. The van der Waals surface area contributed by atoms with Gasteiger partial charge in [-0.1, -0.05) is 0 Å². The third-order valence-corrected chi connectivity index (χ3v) is 1.10. The summed E-state index contributed by atoms with van der Waals surface area (Å²) in [5.41, 5.74) is 2.75. The fourth-order valence-corrected chi connectivity index (χ4v) is 0.630.